The number of amides is 2. The van der Waals surface area contributed by atoms with E-state index in [9.17, 15) is 18.0 Å². The van der Waals surface area contributed by atoms with Crippen molar-refractivity contribution in [2.24, 2.45) is 0 Å². The van der Waals surface area contributed by atoms with Gasteiger partial charge in [-0.05, 0) is 43.5 Å². The van der Waals surface area contributed by atoms with Crippen LogP contribution in [0.25, 0.3) is 0 Å². The third kappa shape index (κ3) is 2.71. The number of piperidine rings is 1. The summed E-state index contributed by atoms with van der Waals surface area (Å²) in [5, 5.41) is 0. The Morgan fingerprint density at radius 1 is 1.05 bits per heavy atom. The van der Waals surface area contributed by atoms with Crippen molar-refractivity contribution < 1.29 is 18.0 Å². The third-order valence-corrected chi connectivity index (χ3v) is 4.74. The zero-order chi connectivity index (χ0) is 15.1. The number of nitrogens with zero attached hydrogens (tertiary/aromatic N) is 1. The highest BCUT2D eigenvalue weighted by Crippen LogP contribution is 2.31. The molecule has 2 rings (SSSR count). The van der Waals surface area contributed by atoms with Crippen LogP contribution in [0.5, 0.6) is 0 Å². The number of aryl methyl sites for hydroxylation is 2. The second-order valence-corrected chi connectivity index (χ2v) is 7.35. The predicted molar refractivity (Wildman–Crippen MR) is 75.3 cm³/mol. The van der Waals surface area contributed by atoms with Gasteiger partial charge in [-0.2, -0.15) is 0 Å². The van der Waals surface area contributed by atoms with Crippen molar-refractivity contribution in [2.45, 2.75) is 38.0 Å². The van der Waals surface area contributed by atoms with E-state index in [-0.39, 0.29) is 16.7 Å². The number of rotatable bonds is 2. The van der Waals surface area contributed by atoms with Gasteiger partial charge in [-0.15, -0.1) is 0 Å². The molecule has 1 saturated heterocycles. The lowest BCUT2D eigenvalue weighted by atomic mass is 10.0. The van der Waals surface area contributed by atoms with Crippen LogP contribution >= 0.6 is 10.7 Å². The molecule has 1 aliphatic heterocycles. The fourth-order valence-corrected chi connectivity index (χ4v) is 3.56. The maximum absolute atomic E-state index is 11.9. The fraction of sp³-hybridized carbons (Fsp3) is 0.385. The van der Waals surface area contributed by atoms with Gasteiger partial charge in [0.25, 0.3) is 9.05 Å². The molecule has 1 aromatic carbocycles. The molecule has 1 aromatic rings. The Hall–Kier alpha value is -1.40. The minimum Gasteiger partial charge on any atom is -0.274 e. The lowest BCUT2D eigenvalue weighted by molar-refractivity contribution is -0.129. The number of carbonyl (C=O) groups is 2. The molecule has 7 heteroatoms. The summed E-state index contributed by atoms with van der Waals surface area (Å²) in [4.78, 5) is 25.0. The highest BCUT2D eigenvalue weighted by molar-refractivity contribution is 8.13. The second-order valence-electron chi connectivity index (χ2n) is 4.82. The SMILES string of the molecule is Cc1cc(S(=O)(=O)Cl)c(C)cc1N1C(=O)CCCC1=O. The van der Waals surface area contributed by atoms with Gasteiger partial charge >= 0.3 is 0 Å². The van der Waals surface area contributed by atoms with Gasteiger partial charge in [-0.3, -0.25) is 14.5 Å². The van der Waals surface area contributed by atoms with Crippen molar-refractivity contribution in [1.82, 2.24) is 0 Å². The smallest absolute Gasteiger partial charge is 0.261 e. The van der Waals surface area contributed by atoms with E-state index in [4.69, 9.17) is 10.7 Å². The van der Waals surface area contributed by atoms with Gasteiger partial charge in [-0.25, -0.2) is 8.42 Å². The average molecular weight is 316 g/mol. The molecule has 0 saturated carbocycles. The lowest BCUT2D eigenvalue weighted by Gasteiger charge is -2.27. The van der Waals surface area contributed by atoms with Crippen molar-refractivity contribution in [3.8, 4) is 0 Å². The largest absolute Gasteiger partial charge is 0.274 e. The van der Waals surface area contributed by atoms with Crippen LogP contribution in [0.3, 0.4) is 0 Å². The molecule has 0 bridgehead atoms. The van der Waals surface area contributed by atoms with E-state index in [1.54, 1.807) is 13.8 Å². The maximum Gasteiger partial charge on any atom is 0.261 e. The highest BCUT2D eigenvalue weighted by atomic mass is 35.7. The Morgan fingerprint density at radius 2 is 1.60 bits per heavy atom. The van der Waals surface area contributed by atoms with Crippen molar-refractivity contribution in [3.63, 3.8) is 0 Å². The summed E-state index contributed by atoms with van der Waals surface area (Å²) in [7, 11) is 1.51. The molecule has 1 aliphatic rings. The molecular weight excluding hydrogens is 302 g/mol. The van der Waals surface area contributed by atoms with Crippen LogP contribution in [-0.4, -0.2) is 20.2 Å². The fourth-order valence-electron chi connectivity index (χ4n) is 2.30. The molecule has 0 aliphatic carbocycles. The Balaban J connectivity index is 2.57. The molecule has 0 unspecified atom stereocenters. The minimum atomic E-state index is -3.85. The third-order valence-electron chi connectivity index (χ3n) is 3.28. The van der Waals surface area contributed by atoms with Crippen LogP contribution in [0, 0.1) is 13.8 Å². The Morgan fingerprint density at radius 3 is 2.10 bits per heavy atom. The summed E-state index contributed by atoms with van der Waals surface area (Å²) < 4.78 is 22.9. The molecule has 0 atom stereocenters. The summed E-state index contributed by atoms with van der Waals surface area (Å²) in [5.74, 6) is -0.518. The summed E-state index contributed by atoms with van der Waals surface area (Å²) in [5.41, 5.74) is 1.37. The van der Waals surface area contributed by atoms with Crippen LogP contribution in [0.1, 0.15) is 30.4 Å². The van der Waals surface area contributed by atoms with Crippen LogP contribution in [-0.2, 0) is 18.6 Å². The molecule has 20 heavy (non-hydrogen) atoms. The molecule has 1 fully saturated rings. The van der Waals surface area contributed by atoms with Gasteiger partial charge in [0.1, 0.15) is 0 Å². The summed E-state index contributed by atoms with van der Waals surface area (Å²) in [6.07, 6.45) is 1.19. The van der Waals surface area contributed by atoms with E-state index in [0.717, 1.165) is 4.90 Å². The summed E-state index contributed by atoms with van der Waals surface area (Å²) in [6, 6.07) is 2.91. The van der Waals surface area contributed by atoms with Crippen molar-refractivity contribution in [1.29, 1.82) is 0 Å². The first-order chi connectivity index (χ1) is 9.21. The van der Waals surface area contributed by atoms with E-state index in [2.05, 4.69) is 0 Å². The lowest BCUT2D eigenvalue weighted by Crippen LogP contribution is -2.40. The highest BCUT2D eigenvalue weighted by Gasteiger charge is 2.29. The zero-order valence-corrected chi connectivity index (χ0v) is 12.7. The number of benzene rings is 1. The standard InChI is InChI=1S/C13H14ClNO4S/c1-8-7-11(20(14,18)19)9(2)6-10(8)15-12(16)4-3-5-13(15)17/h6-7H,3-5H2,1-2H3. The first kappa shape index (κ1) is 15.0. The monoisotopic (exact) mass is 315 g/mol. The van der Waals surface area contributed by atoms with Crippen molar-refractivity contribution in [2.75, 3.05) is 4.90 Å². The topological polar surface area (TPSA) is 71.5 Å². The number of hydrogen-bond donors (Lipinski definition) is 0. The van der Waals surface area contributed by atoms with Gasteiger partial charge in [0.2, 0.25) is 11.8 Å². The predicted octanol–water partition coefficient (Wildman–Crippen LogP) is 2.27. The molecule has 108 valence electrons. The zero-order valence-electron chi connectivity index (χ0n) is 11.1. The molecule has 0 spiro atoms. The maximum atomic E-state index is 11.9. The second kappa shape index (κ2) is 5.18. The number of hydrogen-bond acceptors (Lipinski definition) is 4. The van der Waals surface area contributed by atoms with E-state index in [0.29, 0.717) is 36.1 Å². The van der Waals surface area contributed by atoms with Crippen molar-refractivity contribution >= 4 is 37.2 Å². The van der Waals surface area contributed by atoms with Gasteiger partial charge in [0, 0.05) is 23.5 Å². The molecule has 5 nitrogen and oxygen atoms in total. The van der Waals surface area contributed by atoms with Gasteiger partial charge in [0.15, 0.2) is 0 Å². The van der Waals surface area contributed by atoms with Crippen molar-refractivity contribution in [3.05, 3.63) is 23.3 Å². The molecule has 0 N–H and O–H groups in total. The number of carbonyl (C=O) groups excluding carboxylic acids is 2. The Kier molecular flexibility index (Phi) is 3.88. The van der Waals surface area contributed by atoms with Gasteiger partial charge < -0.3 is 0 Å². The van der Waals surface area contributed by atoms with E-state index >= 15 is 0 Å². The Bertz CT molecular complexity index is 681. The summed E-state index contributed by atoms with van der Waals surface area (Å²) in [6.45, 7) is 3.23. The molecule has 0 aromatic heterocycles. The average Bonchev–Trinajstić information content (AvgIpc) is 2.31. The molecule has 1 heterocycles. The van der Waals surface area contributed by atoms with Crippen LogP contribution in [0.2, 0.25) is 0 Å². The number of imide groups is 1. The number of halogens is 1. The normalized spacial score (nSPS) is 16.6. The quantitative estimate of drug-likeness (QED) is 0.620. The first-order valence-corrected chi connectivity index (χ1v) is 8.44. The van der Waals surface area contributed by atoms with Crippen LogP contribution < -0.4 is 4.90 Å². The van der Waals surface area contributed by atoms with E-state index in [1.807, 2.05) is 0 Å². The molecule has 2 amide bonds. The van der Waals surface area contributed by atoms with Crippen LogP contribution in [0.4, 0.5) is 5.69 Å². The van der Waals surface area contributed by atoms with Gasteiger partial charge in [0.05, 0.1) is 10.6 Å². The molecule has 0 radical (unpaired) electrons. The first-order valence-electron chi connectivity index (χ1n) is 6.13. The minimum absolute atomic E-state index is 0.00248. The van der Waals surface area contributed by atoms with Gasteiger partial charge in [-0.1, -0.05) is 0 Å². The molecular formula is C13H14ClNO4S. The van der Waals surface area contributed by atoms with E-state index < -0.39 is 9.05 Å². The Labute approximate surface area is 121 Å². The number of anilines is 1. The summed E-state index contributed by atoms with van der Waals surface area (Å²) >= 11 is 0. The van der Waals surface area contributed by atoms with E-state index in [1.165, 1.54) is 12.1 Å². The van der Waals surface area contributed by atoms with Crippen LogP contribution in [0.15, 0.2) is 17.0 Å².